The monoisotopic (exact) mass is 694 g/mol. The molecule has 9 atom stereocenters. The Hall–Kier alpha value is -1.70. The van der Waals surface area contributed by atoms with Crippen molar-refractivity contribution in [3.63, 3.8) is 0 Å². The Morgan fingerprint density at radius 3 is 2.33 bits per heavy atom. The van der Waals surface area contributed by atoms with Gasteiger partial charge < -0.3 is 15.3 Å². The van der Waals surface area contributed by atoms with E-state index in [2.05, 4.69) is 70.5 Å². The Labute approximate surface area is 298 Å². The van der Waals surface area contributed by atoms with Gasteiger partial charge in [-0.25, -0.2) is 13.2 Å². The molecule has 0 spiro atoms. The summed E-state index contributed by atoms with van der Waals surface area (Å²) < 4.78 is 24.2. The third-order valence-corrected chi connectivity index (χ3v) is 18.1. The molecule has 5 fully saturated rings. The zero-order chi connectivity index (χ0) is 35.6. The molecule has 6 aliphatic rings. The summed E-state index contributed by atoms with van der Waals surface area (Å²) in [5.41, 5.74) is 3.79. The number of fused-ring (bicyclic) bond motifs is 7. The van der Waals surface area contributed by atoms with Crippen molar-refractivity contribution >= 4 is 15.8 Å². The first-order valence-corrected chi connectivity index (χ1v) is 21.4. The number of rotatable bonds is 9. The fraction of sp³-hybridized carbons (Fsp3) is 0.786. The SMILES string of the molecule is C=C(C)[C@@H]1CC[C@]2(NCCN3CCC(S(C)(=O)=O)CC3)CC[C@]3(C)[C@H](CC[C@@H]4[C@@]5(C)CC=C(C=C/C=C/C(=O)O)C(C)(C)[C@@H]5CC[C@]43C)[C@@H]12. The van der Waals surface area contributed by atoms with Gasteiger partial charge in [0.2, 0.25) is 0 Å². The lowest BCUT2D eigenvalue weighted by atomic mass is 9.33. The molecule has 1 heterocycles. The summed E-state index contributed by atoms with van der Waals surface area (Å²) in [5, 5.41) is 13.1. The van der Waals surface area contributed by atoms with E-state index in [9.17, 15) is 13.2 Å². The number of likely N-dealkylation sites (tertiary alicyclic amines) is 1. The Morgan fingerprint density at radius 2 is 1.67 bits per heavy atom. The molecule has 6 rings (SSSR count). The molecule has 1 saturated heterocycles. The van der Waals surface area contributed by atoms with Crippen LogP contribution < -0.4 is 5.32 Å². The Balaban J connectivity index is 1.21. The van der Waals surface area contributed by atoms with Gasteiger partial charge >= 0.3 is 5.97 Å². The van der Waals surface area contributed by atoms with Crippen LogP contribution in [-0.4, -0.2) is 67.6 Å². The van der Waals surface area contributed by atoms with Crippen molar-refractivity contribution in [1.29, 1.82) is 0 Å². The zero-order valence-corrected chi connectivity index (χ0v) is 32.5. The van der Waals surface area contributed by atoms with Crippen molar-refractivity contribution in [2.24, 2.45) is 51.2 Å². The average Bonchev–Trinajstić information content (AvgIpc) is 3.40. The van der Waals surface area contributed by atoms with Crippen LogP contribution >= 0.6 is 0 Å². The summed E-state index contributed by atoms with van der Waals surface area (Å²) in [6, 6.07) is 0. The number of allylic oxidation sites excluding steroid dienone is 6. The van der Waals surface area contributed by atoms with Gasteiger partial charge in [0.05, 0.1) is 5.25 Å². The molecule has 0 unspecified atom stereocenters. The molecular formula is C42H66N2O4S. The molecule has 0 aromatic heterocycles. The summed E-state index contributed by atoms with van der Waals surface area (Å²) in [6.07, 6.45) is 23.7. The van der Waals surface area contributed by atoms with E-state index in [1.165, 1.54) is 74.8 Å². The lowest BCUT2D eigenvalue weighted by molar-refractivity contribution is -0.221. The maximum Gasteiger partial charge on any atom is 0.328 e. The van der Waals surface area contributed by atoms with Crippen LogP contribution in [0.25, 0.3) is 0 Å². The van der Waals surface area contributed by atoms with Crippen molar-refractivity contribution in [3.8, 4) is 0 Å². The standard InChI is InChI=1S/C42H66N2O4S/c1-29(2)32-16-22-42(43-25-28-44-26-18-31(19-27-44)49(8,47)48)24-23-40(6)33(37(32)42)13-14-35-39(5)20-15-30(11-9-10-12-36(45)46)38(3,4)34(39)17-21-41(35,40)7/h9-12,15,31-35,37,43H,1,13-14,16-28H2,2-8H3,(H,45,46)/b11-9?,12-10+/t32-,33+,34-,35+,37+,39-,40+,41+,42-/m0/s1. The predicted molar refractivity (Wildman–Crippen MR) is 201 cm³/mol. The molecule has 0 radical (unpaired) electrons. The molecule has 7 heteroatoms. The molecule has 5 aliphatic carbocycles. The molecule has 4 saturated carbocycles. The minimum atomic E-state index is -2.95. The number of aliphatic carboxylic acids is 1. The van der Waals surface area contributed by atoms with Gasteiger partial charge in [-0.1, -0.05) is 71.1 Å². The molecule has 0 bridgehead atoms. The van der Waals surface area contributed by atoms with Gasteiger partial charge in [0, 0.05) is 31.0 Å². The smallest absolute Gasteiger partial charge is 0.328 e. The van der Waals surface area contributed by atoms with Gasteiger partial charge in [-0.3, -0.25) is 0 Å². The molecule has 0 aromatic carbocycles. The van der Waals surface area contributed by atoms with E-state index in [1.807, 2.05) is 6.08 Å². The van der Waals surface area contributed by atoms with E-state index < -0.39 is 15.8 Å². The van der Waals surface area contributed by atoms with Gasteiger partial charge in [0.1, 0.15) is 9.84 Å². The number of sulfone groups is 1. The van der Waals surface area contributed by atoms with Crippen LogP contribution in [0.3, 0.4) is 0 Å². The van der Waals surface area contributed by atoms with Gasteiger partial charge in [-0.2, -0.15) is 0 Å². The van der Waals surface area contributed by atoms with E-state index in [0.29, 0.717) is 40.4 Å². The first-order valence-electron chi connectivity index (χ1n) is 19.5. The van der Waals surface area contributed by atoms with Gasteiger partial charge in [-0.15, -0.1) is 0 Å². The van der Waals surface area contributed by atoms with Gasteiger partial charge in [-0.05, 0) is 147 Å². The maximum absolute atomic E-state index is 12.1. The highest BCUT2D eigenvalue weighted by molar-refractivity contribution is 7.91. The fourth-order valence-electron chi connectivity index (χ4n) is 13.7. The molecule has 6 nitrogen and oxygen atoms in total. The fourth-order valence-corrected chi connectivity index (χ4v) is 14.8. The van der Waals surface area contributed by atoms with E-state index in [4.69, 9.17) is 5.11 Å². The Kier molecular flexibility index (Phi) is 9.88. The molecule has 0 aromatic rings. The maximum atomic E-state index is 12.1. The van der Waals surface area contributed by atoms with Crippen molar-refractivity contribution in [2.45, 2.75) is 123 Å². The third-order valence-electron chi connectivity index (χ3n) is 16.4. The second-order valence-corrected chi connectivity index (χ2v) is 21.1. The number of nitrogens with one attached hydrogen (secondary N) is 1. The molecule has 1 aliphatic heterocycles. The number of carboxylic acid groups (broad SMARTS) is 1. The topological polar surface area (TPSA) is 86.7 Å². The number of carboxylic acids is 1. The van der Waals surface area contributed by atoms with Crippen LogP contribution in [0.4, 0.5) is 0 Å². The van der Waals surface area contributed by atoms with Gasteiger partial charge in [0.15, 0.2) is 0 Å². The predicted octanol–water partition coefficient (Wildman–Crippen LogP) is 8.23. The second-order valence-electron chi connectivity index (χ2n) is 18.8. The highest BCUT2D eigenvalue weighted by atomic mass is 32.2. The second kappa shape index (κ2) is 13.1. The summed E-state index contributed by atoms with van der Waals surface area (Å²) in [7, 11) is -2.95. The average molecular weight is 695 g/mol. The van der Waals surface area contributed by atoms with E-state index >= 15 is 0 Å². The van der Waals surface area contributed by atoms with Crippen LogP contribution in [0.2, 0.25) is 0 Å². The minimum Gasteiger partial charge on any atom is -0.478 e. The highest BCUT2D eigenvalue weighted by Crippen LogP contribution is 2.76. The first-order chi connectivity index (χ1) is 22.9. The third kappa shape index (κ3) is 6.18. The Bertz CT molecular complexity index is 1500. The number of nitrogens with zero attached hydrogens (tertiary/aromatic N) is 1. The molecule has 2 N–H and O–H groups in total. The lowest BCUT2D eigenvalue weighted by Gasteiger charge is -2.72. The van der Waals surface area contributed by atoms with E-state index in [1.54, 1.807) is 6.08 Å². The van der Waals surface area contributed by atoms with Crippen LogP contribution in [-0.2, 0) is 14.6 Å². The van der Waals surface area contributed by atoms with Crippen LogP contribution in [0.1, 0.15) is 112 Å². The van der Waals surface area contributed by atoms with Crippen molar-refractivity contribution in [3.05, 3.63) is 48.1 Å². The van der Waals surface area contributed by atoms with Crippen molar-refractivity contribution in [1.82, 2.24) is 10.2 Å². The number of piperidine rings is 1. The largest absolute Gasteiger partial charge is 0.478 e. The van der Waals surface area contributed by atoms with Gasteiger partial charge in [0.25, 0.3) is 0 Å². The number of hydrogen-bond acceptors (Lipinski definition) is 5. The van der Waals surface area contributed by atoms with Crippen molar-refractivity contribution in [2.75, 3.05) is 32.4 Å². The van der Waals surface area contributed by atoms with Crippen LogP contribution in [0, 0.1) is 51.2 Å². The lowest BCUT2D eigenvalue weighted by Crippen LogP contribution is -2.68. The van der Waals surface area contributed by atoms with E-state index in [0.717, 1.165) is 45.4 Å². The summed E-state index contributed by atoms with van der Waals surface area (Å²) in [6.45, 7) is 23.6. The first kappa shape index (κ1) is 37.1. The molecular weight excluding hydrogens is 629 g/mol. The Morgan fingerprint density at radius 1 is 0.959 bits per heavy atom. The van der Waals surface area contributed by atoms with Crippen molar-refractivity contribution < 1.29 is 18.3 Å². The number of hydrogen-bond donors (Lipinski definition) is 2. The summed E-state index contributed by atoms with van der Waals surface area (Å²) >= 11 is 0. The summed E-state index contributed by atoms with van der Waals surface area (Å²) in [5.74, 6) is 2.28. The quantitative estimate of drug-likeness (QED) is 0.144. The molecule has 0 amide bonds. The molecule has 274 valence electrons. The summed E-state index contributed by atoms with van der Waals surface area (Å²) in [4.78, 5) is 13.5. The van der Waals surface area contributed by atoms with E-state index in [-0.39, 0.29) is 21.6 Å². The van der Waals surface area contributed by atoms with Crippen LogP contribution in [0.15, 0.2) is 48.1 Å². The molecule has 49 heavy (non-hydrogen) atoms. The minimum absolute atomic E-state index is 0.0435. The number of carbonyl (C=O) groups is 1. The highest BCUT2D eigenvalue weighted by Gasteiger charge is 2.70. The normalized spacial score (nSPS) is 42.7. The van der Waals surface area contributed by atoms with Crippen LogP contribution in [0.5, 0.6) is 0 Å². The zero-order valence-electron chi connectivity index (χ0n) is 31.7.